The number of nitrogens with zero attached hydrogens (tertiary/aromatic N) is 6. The highest BCUT2D eigenvalue weighted by atomic mass is 32.2. The number of nitrogens with two attached hydrogens (primary N) is 3. The van der Waals surface area contributed by atoms with E-state index in [4.69, 9.17) is 22.3 Å². The molecule has 5 aromatic rings. The lowest BCUT2D eigenvalue weighted by Gasteiger charge is -2.36. The maximum absolute atomic E-state index is 16.1. The van der Waals surface area contributed by atoms with Gasteiger partial charge in [0, 0.05) is 119 Å². The number of carboxylic acids is 2. The molecule has 0 spiro atoms. The third kappa shape index (κ3) is 38.6. The summed E-state index contributed by atoms with van der Waals surface area (Å²) in [6.45, 7) is 11.3. The SMILES string of the molecule is CCCC[C@H]1C(=O)N(C)[C@@H](CCCC)C(=O)N[C@@H](CC(C)C)C(=O)N[C@H](CNCCCCCCCCCCCCCCCCCCC(=O)O)CSCC(=O)N[C@@H](Cc2ccc(O)cc2)C(=O)N(C)[C@@H](C)C(=O)N[C@@H](CC(N)=O)C(=O)N2CCC[C@H]2C(=O)N[C@@H](CN)C(=O)N[C@H](CC(C)C)C(=O)N2C[C@H](O)CC2C(=O)N[C@@H](Cc2c[nH]c3ccccc23)C(=O)N[C@@H](CCN)C(=O)N[C@@H](Cc2cn(CC(=O)O)c3ccccc23)C(=O)N1C. The lowest BCUT2D eigenvalue weighted by molar-refractivity contribution is -0.149. The number of phenolic OH excluding ortho intramolecular Hbond substituents is 1. The van der Waals surface area contributed by atoms with E-state index >= 15 is 43.2 Å². The normalized spacial score (nSPS) is 23.6. The largest absolute Gasteiger partial charge is 0.508 e. The topological polar surface area (TPSA) is 606 Å². The number of carbonyl (C=O) groups is 17. The molecule has 3 aliphatic heterocycles. The molecule has 2 aromatic heterocycles. The summed E-state index contributed by atoms with van der Waals surface area (Å²) in [5, 5.41) is 71.0. The van der Waals surface area contributed by atoms with Gasteiger partial charge in [-0.1, -0.05) is 206 Å². The number of aliphatic hydroxyl groups excluding tert-OH is 1. The monoisotopic (exact) mass is 2110 g/mol. The number of para-hydroxylation sites is 2. The Morgan fingerprint density at radius 1 is 0.493 bits per heavy atom. The average molecular weight is 2110 g/mol. The fraction of sp³-hybridized carbons (Fsp3) is 0.639. The smallest absolute Gasteiger partial charge is 0.323 e. The molecule has 3 aromatic carbocycles. The molecule has 3 aliphatic rings. The zero-order chi connectivity index (χ0) is 110. The molecule has 0 bridgehead atoms. The van der Waals surface area contributed by atoms with Crippen molar-refractivity contribution < 1.29 is 102 Å². The summed E-state index contributed by atoms with van der Waals surface area (Å²) in [5.41, 5.74) is 20.8. The molecule has 3 fully saturated rings. The van der Waals surface area contributed by atoms with Gasteiger partial charge in [-0.25, -0.2) is 0 Å². The number of phenols is 1. The Kier molecular flexibility index (Phi) is 51.7. The number of benzene rings is 3. The molecule has 15 amide bonds. The summed E-state index contributed by atoms with van der Waals surface area (Å²) in [7, 11) is 4.14. The number of likely N-dealkylation sites (N-methyl/N-ethyl adjacent to an activating group) is 3. The predicted octanol–water partition coefficient (Wildman–Crippen LogP) is 5.47. The van der Waals surface area contributed by atoms with Crippen LogP contribution in [0.5, 0.6) is 5.75 Å². The Labute approximate surface area is 884 Å². The van der Waals surface area contributed by atoms with Crippen molar-refractivity contribution in [3.05, 3.63) is 102 Å². The first kappa shape index (κ1) is 123. The van der Waals surface area contributed by atoms with E-state index in [1.165, 1.54) is 93.1 Å². The fourth-order valence-electron chi connectivity index (χ4n) is 19.8. The lowest BCUT2D eigenvalue weighted by Crippen LogP contribution is -2.62. The van der Waals surface area contributed by atoms with E-state index in [1.54, 1.807) is 86.9 Å². The molecule has 42 heteroatoms. The standard InChI is InChI=1S/C108H166N20O21S/c1-11-13-39-88-101(142)117-80(52-67(3)4)98(139)114-73(61-112-50-34-28-26-24-22-20-18-16-15-17-19-21-23-25-27-29-43-94(133)134)65-150-66-93(132)115-83(54-70-44-46-74(129)47-45-70)104(145)123(8)69(7)96(137)119-85(58-92(111)131)106(147)127-51-35-42-89(127)102(143)122-86(59-110)100(141)120-82(53-68(5)6)107(148)128-63-75(130)57-91(128)103(144)118-81(55-71-60-113-78-38-32-30-36-76(71)78)99(140)116-79(48-49-109)97(138)121-84(105(146)125(10)90(40-14-12-2)108(149)124(88)9)56-72-62-126(64-95(135)136)87-41-33-31-37-77(72)87/h30-33,36-38,41,44-47,60,62,67-69,73,75,79-86,88-91,112-113,129-130H,11-29,34-35,39-40,42-43,48-59,61,63-66,109-110H2,1-10H3,(H2,111,131)(H,114,139)(H,115,132)(H,116,140)(H,117,142)(H,118,144)(H,119,137)(H,120,141)(H,121,138)(H,122,143)(H,133,134)(H,135,136)/t69-,73+,75+,79-,80-,81-,82+,83-,84-,85-,86-,88-,89-,90-,91?/m0/s1. The maximum atomic E-state index is 16.1. The van der Waals surface area contributed by atoms with Gasteiger partial charge in [0.15, 0.2) is 0 Å². The van der Waals surface area contributed by atoms with Crippen molar-refractivity contribution in [1.29, 1.82) is 0 Å². The third-order valence-electron chi connectivity index (χ3n) is 28.3. The van der Waals surface area contributed by atoms with Crippen molar-refractivity contribution in [2.24, 2.45) is 29.0 Å². The molecule has 5 heterocycles. The Hall–Kier alpha value is -12.3. The number of primary amides is 1. The quantitative estimate of drug-likeness (QED) is 0.0215. The number of unbranched alkanes of at least 4 members (excludes halogenated alkanes) is 17. The van der Waals surface area contributed by atoms with E-state index in [-0.39, 0.29) is 126 Å². The van der Waals surface area contributed by atoms with Crippen LogP contribution in [0.15, 0.2) is 85.2 Å². The van der Waals surface area contributed by atoms with E-state index in [9.17, 15) is 53.7 Å². The van der Waals surface area contributed by atoms with Crippen LogP contribution in [0, 0.1) is 11.8 Å². The second-order valence-electron chi connectivity index (χ2n) is 41.3. The number of aromatic amines is 1. The Bertz CT molecular complexity index is 5290. The van der Waals surface area contributed by atoms with E-state index in [0.29, 0.717) is 70.7 Å². The Balaban J connectivity index is 1.15. The van der Waals surface area contributed by atoms with Crippen molar-refractivity contribution in [1.82, 2.24) is 87.2 Å². The number of aliphatic carboxylic acids is 2. The van der Waals surface area contributed by atoms with Crippen LogP contribution in [0.4, 0.5) is 0 Å². The first-order valence-electron chi connectivity index (χ1n) is 53.8. The van der Waals surface area contributed by atoms with E-state index < -0.39 is 217 Å². The molecule has 41 nitrogen and oxygen atoms in total. The number of rotatable bonds is 44. The number of aromatic nitrogens is 2. The van der Waals surface area contributed by atoms with Crippen LogP contribution in [0.25, 0.3) is 21.8 Å². The number of hydrogen-bond acceptors (Lipinski definition) is 23. The Morgan fingerprint density at radius 2 is 1.01 bits per heavy atom. The minimum absolute atomic E-state index is 0.00931. The molecule has 830 valence electrons. The van der Waals surface area contributed by atoms with Crippen molar-refractivity contribution in [3.63, 3.8) is 0 Å². The number of carboxylic acid groups (broad SMARTS) is 2. The zero-order valence-corrected chi connectivity index (χ0v) is 90.0. The molecule has 1 unspecified atom stereocenters. The summed E-state index contributed by atoms with van der Waals surface area (Å²) in [6.07, 6.45) is 19.1. The van der Waals surface area contributed by atoms with Crippen LogP contribution in [0.3, 0.4) is 0 Å². The fourth-order valence-corrected chi connectivity index (χ4v) is 20.7. The first-order chi connectivity index (χ1) is 71.7. The van der Waals surface area contributed by atoms with Gasteiger partial charge in [0.2, 0.25) is 88.6 Å². The number of hydrogen-bond donors (Lipinski definition) is 18. The van der Waals surface area contributed by atoms with Crippen molar-refractivity contribution in [2.45, 2.75) is 358 Å². The van der Waals surface area contributed by atoms with Crippen molar-refractivity contribution in [2.75, 3.05) is 71.9 Å². The van der Waals surface area contributed by atoms with E-state index in [2.05, 4.69) is 58.2 Å². The van der Waals surface area contributed by atoms with E-state index in [1.807, 2.05) is 27.7 Å². The molecule has 15 atom stereocenters. The molecule has 0 radical (unpaired) electrons. The molecule has 0 aliphatic carbocycles. The molecule has 150 heavy (non-hydrogen) atoms. The highest BCUT2D eigenvalue weighted by Crippen LogP contribution is 2.30. The summed E-state index contributed by atoms with van der Waals surface area (Å²) in [5.74, 6) is -15.4. The second-order valence-corrected chi connectivity index (χ2v) is 42.3. The van der Waals surface area contributed by atoms with Crippen LogP contribution < -0.4 is 70.4 Å². The van der Waals surface area contributed by atoms with Gasteiger partial charge in [-0.05, 0) is 131 Å². The lowest BCUT2D eigenvalue weighted by atomic mass is 9.99. The predicted molar refractivity (Wildman–Crippen MR) is 571 cm³/mol. The van der Waals surface area contributed by atoms with Gasteiger partial charge in [-0.15, -0.1) is 11.8 Å². The van der Waals surface area contributed by atoms with Gasteiger partial charge in [-0.2, -0.15) is 0 Å². The summed E-state index contributed by atoms with van der Waals surface area (Å²) in [6, 6.07) is -0.00385. The van der Waals surface area contributed by atoms with Crippen molar-refractivity contribution in [3.8, 4) is 5.75 Å². The van der Waals surface area contributed by atoms with Gasteiger partial charge in [0.1, 0.15) is 90.8 Å². The number of aliphatic hydroxyl groups is 1. The van der Waals surface area contributed by atoms with Gasteiger partial charge in [0.25, 0.3) is 0 Å². The number of thioether (sulfide) groups is 1. The van der Waals surface area contributed by atoms with Crippen molar-refractivity contribution >= 4 is 134 Å². The zero-order valence-electron chi connectivity index (χ0n) is 89.1. The van der Waals surface area contributed by atoms with Crippen LogP contribution >= 0.6 is 11.8 Å². The van der Waals surface area contributed by atoms with Crippen LogP contribution in [0.1, 0.15) is 258 Å². The molecular formula is C108H166N20O21S. The van der Waals surface area contributed by atoms with Crippen LogP contribution in [-0.4, -0.2) is 318 Å². The number of nitrogens with one attached hydrogen (secondary N) is 11. The van der Waals surface area contributed by atoms with Gasteiger partial charge in [0.05, 0.1) is 24.3 Å². The number of amides is 15. The van der Waals surface area contributed by atoms with Crippen LogP contribution in [0.2, 0.25) is 0 Å². The van der Waals surface area contributed by atoms with Crippen LogP contribution in [-0.2, 0) is 107 Å². The molecule has 8 rings (SSSR count). The maximum Gasteiger partial charge on any atom is 0.323 e. The first-order valence-corrected chi connectivity index (χ1v) is 54.9. The van der Waals surface area contributed by atoms with E-state index in [0.717, 1.165) is 90.7 Å². The number of H-pyrrole nitrogens is 1. The minimum Gasteiger partial charge on any atom is -0.508 e. The minimum atomic E-state index is -1.73. The molecule has 3 saturated heterocycles. The highest BCUT2D eigenvalue weighted by Gasteiger charge is 2.47. The number of fused-ring (bicyclic) bond motifs is 4. The van der Waals surface area contributed by atoms with Gasteiger partial charge < -0.3 is 125 Å². The highest BCUT2D eigenvalue weighted by molar-refractivity contribution is 8.00. The van der Waals surface area contributed by atoms with Gasteiger partial charge in [-0.3, -0.25) is 81.5 Å². The second kappa shape index (κ2) is 63.1. The Morgan fingerprint density at radius 3 is 1.62 bits per heavy atom. The molecular weight excluding hydrogens is 1950 g/mol. The third-order valence-corrected chi connectivity index (χ3v) is 29.4. The van der Waals surface area contributed by atoms with Gasteiger partial charge >= 0.3 is 11.9 Å². The summed E-state index contributed by atoms with van der Waals surface area (Å²) >= 11 is 1.14. The average Bonchev–Trinajstić information content (AvgIpc) is 1.69. The number of carbonyl (C=O) groups excluding carboxylic acids is 15. The molecule has 21 N–H and O–H groups in total. The molecule has 0 saturated carbocycles. The summed E-state index contributed by atoms with van der Waals surface area (Å²) in [4.78, 5) is 258. The summed E-state index contributed by atoms with van der Waals surface area (Å²) < 4.78 is 1.47. The number of aromatic hydroxyl groups is 1.